The molecule has 1 N–H and O–H groups in total. The Morgan fingerprint density at radius 1 is 1.05 bits per heavy atom. The van der Waals surface area contributed by atoms with E-state index in [2.05, 4.69) is 53.7 Å². The molecule has 0 fully saturated rings. The highest BCUT2D eigenvalue weighted by molar-refractivity contribution is 5.76. The molecule has 0 aliphatic heterocycles. The zero-order chi connectivity index (χ0) is 15.5. The quantitative estimate of drug-likeness (QED) is 0.778. The Labute approximate surface area is 131 Å². The summed E-state index contributed by atoms with van der Waals surface area (Å²) in [5.74, 6) is 1.49. The van der Waals surface area contributed by atoms with Crippen molar-refractivity contribution in [3.63, 3.8) is 0 Å². The lowest BCUT2D eigenvalue weighted by Crippen LogP contribution is -2.07. The van der Waals surface area contributed by atoms with Crippen molar-refractivity contribution in [2.75, 3.05) is 6.61 Å². The number of aliphatic hydroxyl groups is 1. The number of imidazole rings is 1. The van der Waals surface area contributed by atoms with Gasteiger partial charge in [-0.25, -0.2) is 4.98 Å². The SMILES string of the molecule is CC(C)c1ccc(Cn2c(CCO)nc3ccccc32)cc1. The minimum atomic E-state index is 0.121. The molecule has 0 unspecified atom stereocenters. The van der Waals surface area contributed by atoms with Crippen LogP contribution in [0.4, 0.5) is 0 Å². The van der Waals surface area contributed by atoms with Crippen molar-refractivity contribution in [1.29, 1.82) is 0 Å². The fourth-order valence-corrected chi connectivity index (χ4v) is 2.78. The molecule has 0 aliphatic carbocycles. The zero-order valence-corrected chi connectivity index (χ0v) is 13.2. The number of rotatable bonds is 5. The average Bonchev–Trinajstić information content (AvgIpc) is 2.86. The third-order valence-corrected chi connectivity index (χ3v) is 4.06. The summed E-state index contributed by atoms with van der Waals surface area (Å²) in [6.07, 6.45) is 0.582. The van der Waals surface area contributed by atoms with Crippen molar-refractivity contribution < 1.29 is 5.11 Å². The minimum absolute atomic E-state index is 0.121. The Morgan fingerprint density at radius 3 is 2.45 bits per heavy atom. The predicted octanol–water partition coefficient (Wildman–Crippen LogP) is 3.74. The number of benzene rings is 2. The van der Waals surface area contributed by atoms with Gasteiger partial charge in [0.1, 0.15) is 5.82 Å². The molecule has 0 radical (unpaired) electrons. The molecule has 0 aliphatic rings. The summed E-state index contributed by atoms with van der Waals surface area (Å²) < 4.78 is 2.20. The second-order valence-electron chi connectivity index (χ2n) is 5.97. The van der Waals surface area contributed by atoms with Crippen molar-refractivity contribution in [1.82, 2.24) is 9.55 Å². The number of nitrogens with zero attached hydrogens (tertiary/aromatic N) is 2. The van der Waals surface area contributed by atoms with E-state index in [0.29, 0.717) is 12.3 Å². The first-order chi connectivity index (χ1) is 10.7. The monoisotopic (exact) mass is 294 g/mol. The molecule has 3 aromatic rings. The van der Waals surface area contributed by atoms with E-state index in [-0.39, 0.29) is 6.61 Å². The van der Waals surface area contributed by atoms with Crippen LogP contribution in [0.3, 0.4) is 0 Å². The summed E-state index contributed by atoms with van der Waals surface area (Å²) in [6.45, 7) is 5.32. The van der Waals surface area contributed by atoms with Crippen LogP contribution in [0, 0.1) is 0 Å². The van der Waals surface area contributed by atoms with Gasteiger partial charge in [0.15, 0.2) is 0 Å². The van der Waals surface area contributed by atoms with Crippen molar-refractivity contribution in [2.45, 2.75) is 32.7 Å². The van der Waals surface area contributed by atoms with E-state index in [4.69, 9.17) is 0 Å². The second kappa shape index (κ2) is 6.32. The normalized spacial score (nSPS) is 11.5. The van der Waals surface area contributed by atoms with E-state index in [1.165, 1.54) is 11.1 Å². The Morgan fingerprint density at radius 2 is 1.77 bits per heavy atom. The highest BCUT2D eigenvalue weighted by Crippen LogP contribution is 2.20. The third-order valence-electron chi connectivity index (χ3n) is 4.06. The molecule has 0 bridgehead atoms. The van der Waals surface area contributed by atoms with Gasteiger partial charge in [0, 0.05) is 13.0 Å². The van der Waals surface area contributed by atoms with Gasteiger partial charge in [-0.3, -0.25) is 0 Å². The summed E-state index contributed by atoms with van der Waals surface area (Å²) in [7, 11) is 0. The first-order valence-corrected chi connectivity index (χ1v) is 7.83. The van der Waals surface area contributed by atoms with Crippen LogP contribution in [-0.2, 0) is 13.0 Å². The molecule has 0 saturated carbocycles. The van der Waals surface area contributed by atoms with Crippen molar-refractivity contribution in [3.05, 3.63) is 65.5 Å². The summed E-state index contributed by atoms with van der Waals surface area (Å²) in [6, 6.07) is 16.9. The summed E-state index contributed by atoms with van der Waals surface area (Å²) >= 11 is 0. The topological polar surface area (TPSA) is 38.0 Å². The number of hydrogen-bond acceptors (Lipinski definition) is 2. The lowest BCUT2D eigenvalue weighted by atomic mass is 10.0. The molecular weight excluding hydrogens is 272 g/mol. The predicted molar refractivity (Wildman–Crippen MR) is 90.2 cm³/mol. The van der Waals surface area contributed by atoms with Gasteiger partial charge in [-0.15, -0.1) is 0 Å². The molecule has 2 aromatic carbocycles. The van der Waals surface area contributed by atoms with Gasteiger partial charge < -0.3 is 9.67 Å². The molecule has 22 heavy (non-hydrogen) atoms. The fraction of sp³-hybridized carbons (Fsp3) is 0.316. The van der Waals surface area contributed by atoms with Gasteiger partial charge in [-0.1, -0.05) is 50.2 Å². The van der Waals surface area contributed by atoms with Crippen LogP contribution in [0.2, 0.25) is 0 Å². The van der Waals surface area contributed by atoms with Gasteiger partial charge in [0.05, 0.1) is 17.6 Å². The molecule has 0 amide bonds. The molecule has 3 nitrogen and oxygen atoms in total. The number of para-hydroxylation sites is 2. The van der Waals surface area contributed by atoms with Crippen LogP contribution >= 0.6 is 0 Å². The molecule has 0 saturated heterocycles. The van der Waals surface area contributed by atoms with Gasteiger partial charge in [-0.2, -0.15) is 0 Å². The maximum Gasteiger partial charge on any atom is 0.112 e. The standard InChI is InChI=1S/C19H22N2O/c1-14(2)16-9-7-15(8-10-16)13-21-18-6-4-3-5-17(18)20-19(21)11-12-22/h3-10,14,22H,11-13H2,1-2H3. The zero-order valence-electron chi connectivity index (χ0n) is 13.2. The first kappa shape index (κ1) is 14.8. The van der Waals surface area contributed by atoms with Crippen LogP contribution < -0.4 is 0 Å². The Bertz CT molecular complexity index is 757. The first-order valence-electron chi connectivity index (χ1n) is 7.83. The third kappa shape index (κ3) is 2.90. The highest BCUT2D eigenvalue weighted by atomic mass is 16.3. The van der Waals surface area contributed by atoms with E-state index in [0.717, 1.165) is 23.4 Å². The van der Waals surface area contributed by atoms with Gasteiger partial charge >= 0.3 is 0 Å². The summed E-state index contributed by atoms with van der Waals surface area (Å²) in [4.78, 5) is 4.65. The molecule has 114 valence electrons. The largest absolute Gasteiger partial charge is 0.396 e. The Hall–Kier alpha value is -2.13. The lowest BCUT2D eigenvalue weighted by Gasteiger charge is -2.11. The second-order valence-corrected chi connectivity index (χ2v) is 5.97. The Kier molecular flexibility index (Phi) is 4.25. The molecule has 0 atom stereocenters. The summed E-state index contributed by atoms with van der Waals surface area (Å²) in [5, 5.41) is 9.28. The van der Waals surface area contributed by atoms with Crippen LogP contribution in [0.15, 0.2) is 48.5 Å². The lowest BCUT2D eigenvalue weighted by molar-refractivity contribution is 0.295. The molecule has 3 heteroatoms. The molecule has 0 spiro atoms. The van der Waals surface area contributed by atoms with E-state index >= 15 is 0 Å². The molecule has 1 aromatic heterocycles. The van der Waals surface area contributed by atoms with E-state index in [9.17, 15) is 5.11 Å². The van der Waals surface area contributed by atoms with Crippen LogP contribution in [0.1, 0.15) is 36.7 Å². The van der Waals surface area contributed by atoms with Crippen LogP contribution in [0.5, 0.6) is 0 Å². The highest BCUT2D eigenvalue weighted by Gasteiger charge is 2.10. The average molecular weight is 294 g/mol. The van der Waals surface area contributed by atoms with Crippen molar-refractivity contribution in [3.8, 4) is 0 Å². The fourth-order valence-electron chi connectivity index (χ4n) is 2.78. The molecule has 3 rings (SSSR count). The number of hydrogen-bond donors (Lipinski definition) is 1. The van der Waals surface area contributed by atoms with Gasteiger partial charge in [0.25, 0.3) is 0 Å². The number of aromatic nitrogens is 2. The molecule has 1 heterocycles. The maximum atomic E-state index is 9.28. The van der Waals surface area contributed by atoms with Crippen molar-refractivity contribution >= 4 is 11.0 Å². The van der Waals surface area contributed by atoms with Gasteiger partial charge in [0.2, 0.25) is 0 Å². The Balaban J connectivity index is 1.96. The number of aliphatic hydroxyl groups excluding tert-OH is 1. The van der Waals surface area contributed by atoms with Crippen LogP contribution in [-0.4, -0.2) is 21.3 Å². The summed E-state index contributed by atoms with van der Waals surface area (Å²) in [5.41, 5.74) is 4.73. The number of fused-ring (bicyclic) bond motifs is 1. The maximum absolute atomic E-state index is 9.28. The van der Waals surface area contributed by atoms with Gasteiger partial charge in [-0.05, 0) is 29.2 Å². The minimum Gasteiger partial charge on any atom is -0.396 e. The van der Waals surface area contributed by atoms with E-state index < -0.39 is 0 Å². The van der Waals surface area contributed by atoms with E-state index in [1.807, 2.05) is 18.2 Å². The van der Waals surface area contributed by atoms with E-state index in [1.54, 1.807) is 0 Å². The van der Waals surface area contributed by atoms with Crippen LogP contribution in [0.25, 0.3) is 11.0 Å². The molecular formula is C19H22N2O. The van der Waals surface area contributed by atoms with Crippen molar-refractivity contribution in [2.24, 2.45) is 0 Å². The smallest absolute Gasteiger partial charge is 0.112 e.